The summed E-state index contributed by atoms with van der Waals surface area (Å²) in [7, 11) is 0. The molecule has 0 fully saturated rings. The molecule has 4 aromatic rings. The lowest BCUT2D eigenvalue weighted by molar-refractivity contribution is 0.0614. The van der Waals surface area contributed by atoms with E-state index in [9.17, 15) is 9.59 Å². The van der Waals surface area contributed by atoms with Gasteiger partial charge in [-0.1, -0.05) is 61.8 Å². The summed E-state index contributed by atoms with van der Waals surface area (Å²) in [6.07, 6.45) is 4.22. The highest BCUT2D eigenvalue weighted by molar-refractivity contribution is 6.29. The Morgan fingerprint density at radius 3 is 2.50 bits per heavy atom. The number of nitrogens with two attached hydrogens (primary N) is 1. The Morgan fingerprint density at radius 2 is 1.83 bits per heavy atom. The molecule has 1 amide bonds. The molecule has 186 valence electrons. The van der Waals surface area contributed by atoms with E-state index in [2.05, 4.69) is 4.98 Å². The van der Waals surface area contributed by atoms with Gasteiger partial charge in [-0.15, -0.1) is 0 Å². The first-order chi connectivity index (χ1) is 17.4. The van der Waals surface area contributed by atoms with Crippen LogP contribution in [0.25, 0.3) is 5.65 Å². The molecule has 0 aliphatic rings. The van der Waals surface area contributed by atoms with Crippen LogP contribution in [-0.2, 0) is 6.42 Å². The second kappa shape index (κ2) is 11.5. The maximum Gasteiger partial charge on any atom is 0.261 e. The Labute approximate surface area is 215 Å². The number of halogens is 1. The third kappa shape index (κ3) is 5.48. The van der Waals surface area contributed by atoms with Crippen LogP contribution in [0, 0.1) is 5.92 Å². The highest BCUT2D eigenvalue weighted by Crippen LogP contribution is 2.32. The van der Waals surface area contributed by atoms with Gasteiger partial charge in [-0.05, 0) is 48.7 Å². The van der Waals surface area contributed by atoms with Crippen LogP contribution in [0.15, 0.2) is 77.9 Å². The van der Waals surface area contributed by atoms with Crippen LogP contribution in [0.2, 0.25) is 5.15 Å². The van der Waals surface area contributed by atoms with Crippen LogP contribution in [-0.4, -0.2) is 38.3 Å². The molecule has 0 saturated heterocycles. The standard InChI is InChI=1S/C28H30ClN5O2/c1-19(2)26(34(16-8-14-30)27(35)21-12-13-23(29)31-18-21)25-22(17-20-9-4-3-5-10-20)28(36)33-15-7-6-11-24(33)32-25/h3-7,9-13,15,18-19,26H,8,14,16-17,30H2,1-2H3. The number of rotatable bonds is 9. The molecule has 3 heterocycles. The predicted octanol–water partition coefficient (Wildman–Crippen LogP) is 4.52. The first kappa shape index (κ1) is 25.5. The van der Waals surface area contributed by atoms with Crippen LogP contribution in [0.1, 0.15) is 53.5 Å². The highest BCUT2D eigenvalue weighted by Gasteiger charge is 2.33. The fraction of sp³-hybridized carbons (Fsp3) is 0.286. The largest absolute Gasteiger partial charge is 0.330 e. The minimum atomic E-state index is -0.448. The molecule has 8 heteroatoms. The van der Waals surface area contributed by atoms with Gasteiger partial charge in [0.2, 0.25) is 0 Å². The first-order valence-corrected chi connectivity index (χ1v) is 12.4. The van der Waals surface area contributed by atoms with E-state index < -0.39 is 6.04 Å². The van der Waals surface area contributed by atoms with Crippen LogP contribution >= 0.6 is 11.6 Å². The molecule has 0 aliphatic carbocycles. The Balaban J connectivity index is 1.91. The van der Waals surface area contributed by atoms with E-state index in [0.717, 1.165) is 5.56 Å². The number of nitrogens with zero attached hydrogens (tertiary/aromatic N) is 4. The third-order valence-electron chi connectivity index (χ3n) is 6.17. The van der Waals surface area contributed by atoms with Crippen molar-refractivity contribution in [1.82, 2.24) is 19.3 Å². The zero-order chi connectivity index (χ0) is 25.7. The molecule has 3 aromatic heterocycles. The Hall–Kier alpha value is -3.55. The number of carbonyl (C=O) groups excluding carboxylic acids is 1. The number of benzene rings is 1. The molecule has 0 bridgehead atoms. The molecule has 0 radical (unpaired) electrons. The molecule has 4 rings (SSSR count). The predicted molar refractivity (Wildman–Crippen MR) is 142 cm³/mol. The van der Waals surface area contributed by atoms with Gasteiger partial charge in [-0.3, -0.25) is 14.0 Å². The second-order valence-corrected chi connectivity index (χ2v) is 9.46. The van der Waals surface area contributed by atoms with Crippen molar-refractivity contribution in [3.63, 3.8) is 0 Å². The van der Waals surface area contributed by atoms with Gasteiger partial charge in [0, 0.05) is 30.9 Å². The van der Waals surface area contributed by atoms with Crippen LogP contribution < -0.4 is 11.3 Å². The summed E-state index contributed by atoms with van der Waals surface area (Å²) in [5.74, 6) is -0.230. The number of amides is 1. The number of carbonyl (C=O) groups is 1. The molecule has 0 aliphatic heterocycles. The molecular formula is C28H30ClN5O2. The van der Waals surface area contributed by atoms with E-state index in [1.54, 1.807) is 27.6 Å². The number of hydrogen-bond acceptors (Lipinski definition) is 5. The lowest BCUT2D eigenvalue weighted by Crippen LogP contribution is -2.41. The van der Waals surface area contributed by atoms with Gasteiger partial charge in [0.15, 0.2) is 0 Å². The zero-order valence-corrected chi connectivity index (χ0v) is 21.2. The van der Waals surface area contributed by atoms with Crippen molar-refractivity contribution in [3.8, 4) is 0 Å². The van der Waals surface area contributed by atoms with E-state index in [0.29, 0.717) is 53.6 Å². The summed E-state index contributed by atoms with van der Waals surface area (Å²) in [5, 5.41) is 0.315. The van der Waals surface area contributed by atoms with Gasteiger partial charge in [0.1, 0.15) is 10.8 Å². The van der Waals surface area contributed by atoms with Crippen molar-refractivity contribution in [2.24, 2.45) is 11.7 Å². The van der Waals surface area contributed by atoms with Crippen molar-refractivity contribution >= 4 is 23.2 Å². The van der Waals surface area contributed by atoms with Crippen LogP contribution in [0.5, 0.6) is 0 Å². The van der Waals surface area contributed by atoms with E-state index in [-0.39, 0.29) is 17.4 Å². The Bertz CT molecular complexity index is 1390. The summed E-state index contributed by atoms with van der Waals surface area (Å²) in [6.45, 7) is 4.92. The Kier molecular flexibility index (Phi) is 8.13. The zero-order valence-electron chi connectivity index (χ0n) is 20.5. The summed E-state index contributed by atoms with van der Waals surface area (Å²) < 4.78 is 1.56. The molecule has 0 spiro atoms. The van der Waals surface area contributed by atoms with Gasteiger partial charge >= 0.3 is 0 Å². The normalized spacial score (nSPS) is 12.1. The maximum absolute atomic E-state index is 13.8. The molecule has 7 nitrogen and oxygen atoms in total. The molecule has 2 N–H and O–H groups in total. The van der Waals surface area contributed by atoms with Gasteiger partial charge in [0.25, 0.3) is 11.5 Å². The minimum absolute atomic E-state index is 0.0282. The molecule has 0 saturated carbocycles. The van der Waals surface area contributed by atoms with Gasteiger partial charge in [-0.2, -0.15) is 0 Å². The topological polar surface area (TPSA) is 93.6 Å². The van der Waals surface area contributed by atoms with Crippen LogP contribution in [0.3, 0.4) is 0 Å². The van der Waals surface area contributed by atoms with E-state index in [1.165, 1.54) is 6.20 Å². The second-order valence-electron chi connectivity index (χ2n) is 9.07. The monoisotopic (exact) mass is 503 g/mol. The lowest BCUT2D eigenvalue weighted by Gasteiger charge is -2.35. The SMILES string of the molecule is CC(C)C(c1nc2ccccn2c(=O)c1Cc1ccccc1)N(CCCN)C(=O)c1ccc(Cl)nc1. The van der Waals surface area contributed by atoms with Crippen molar-refractivity contribution < 1.29 is 4.79 Å². The number of hydrogen-bond donors (Lipinski definition) is 1. The molecule has 36 heavy (non-hydrogen) atoms. The average Bonchev–Trinajstić information content (AvgIpc) is 2.89. The third-order valence-corrected chi connectivity index (χ3v) is 6.39. The summed E-state index contributed by atoms with van der Waals surface area (Å²) in [5.41, 5.74) is 8.85. The first-order valence-electron chi connectivity index (χ1n) is 12.1. The fourth-order valence-corrected chi connectivity index (χ4v) is 4.59. The minimum Gasteiger partial charge on any atom is -0.330 e. The smallest absolute Gasteiger partial charge is 0.261 e. The fourth-order valence-electron chi connectivity index (χ4n) is 4.47. The van der Waals surface area contributed by atoms with Gasteiger partial charge < -0.3 is 10.6 Å². The molecule has 1 aromatic carbocycles. The van der Waals surface area contributed by atoms with Crippen LogP contribution in [0.4, 0.5) is 0 Å². The summed E-state index contributed by atoms with van der Waals surface area (Å²) >= 11 is 5.96. The summed E-state index contributed by atoms with van der Waals surface area (Å²) in [4.78, 5) is 38.4. The van der Waals surface area contributed by atoms with Crippen molar-refractivity contribution in [2.75, 3.05) is 13.1 Å². The lowest BCUT2D eigenvalue weighted by atomic mass is 9.92. The molecule has 1 unspecified atom stereocenters. The van der Waals surface area contributed by atoms with Crippen molar-refractivity contribution in [1.29, 1.82) is 0 Å². The quantitative estimate of drug-likeness (QED) is 0.339. The summed E-state index contributed by atoms with van der Waals surface area (Å²) in [6, 6.07) is 18.1. The number of pyridine rings is 2. The molecular weight excluding hydrogens is 474 g/mol. The molecule has 1 atom stereocenters. The van der Waals surface area contributed by atoms with E-state index >= 15 is 0 Å². The Morgan fingerprint density at radius 1 is 1.08 bits per heavy atom. The number of fused-ring (bicyclic) bond motifs is 1. The van der Waals surface area contributed by atoms with Crippen molar-refractivity contribution in [2.45, 2.75) is 32.7 Å². The van der Waals surface area contributed by atoms with Crippen molar-refractivity contribution in [3.05, 3.63) is 111 Å². The van der Waals surface area contributed by atoms with Gasteiger partial charge in [-0.25, -0.2) is 9.97 Å². The van der Waals surface area contributed by atoms with Gasteiger partial charge in [0.05, 0.1) is 17.3 Å². The maximum atomic E-state index is 13.8. The average molecular weight is 504 g/mol. The van der Waals surface area contributed by atoms with E-state index in [4.69, 9.17) is 22.3 Å². The van der Waals surface area contributed by atoms with E-state index in [1.807, 2.05) is 62.4 Å². The highest BCUT2D eigenvalue weighted by atomic mass is 35.5. The number of aromatic nitrogens is 3.